The minimum Gasteiger partial charge on any atom is -0.402 e. The summed E-state index contributed by atoms with van der Waals surface area (Å²) >= 11 is 3.92. The molecule has 0 fully saturated rings. The average molecular weight is 143 g/mol. The third-order valence-electron chi connectivity index (χ3n) is 0.749. The smallest absolute Gasteiger partial charge is 0.0927 e. The number of rotatable bonds is 3. The fourth-order valence-electron chi connectivity index (χ4n) is 0.298. The minimum atomic E-state index is 0.486. The van der Waals surface area contributed by atoms with Crippen molar-refractivity contribution in [3.63, 3.8) is 0 Å². The number of nitrogens with one attached hydrogen (secondary N) is 1. The van der Waals surface area contributed by atoms with Crippen molar-refractivity contribution >= 4 is 19.0 Å². The van der Waals surface area contributed by atoms with Crippen molar-refractivity contribution in [1.29, 1.82) is 5.41 Å². The van der Waals surface area contributed by atoms with Gasteiger partial charge in [0.15, 0.2) is 0 Å². The summed E-state index contributed by atoms with van der Waals surface area (Å²) in [7, 11) is 0. The molecule has 0 bridgehead atoms. The summed E-state index contributed by atoms with van der Waals surface area (Å²) in [5, 5.41) is 7.26. The van der Waals surface area contributed by atoms with Crippen molar-refractivity contribution in [3.8, 4) is 0 Å². The molecule has 0 rings (SSSR count). The zero-order chi connectivity index (χ0) is 7.28. The second-order valence-corrected chi connectivity index (χ2v) is 1.70. The van der Waals surface area contributed by atoms with E-state index in [1.54, 1.807) is 0 Å². The van der Waals surface area contributed by atoms with E-state index in [2.05, 4.69) is 19.2 Å². The molecule has 0 spiro atoms. The molecular weight excluding hydrogens is 134 g/mol. The first-order valence-electron chi connectivity index (χ1n) is 2.28. The molecule has 0 radical (unpaired) electrons. The Morgan fingerprint density at radius 1 is 1.78 bits per heavy atom. The lowest BCUT2D eigenvalue weighted by atomic mass is 10.7. The first-order valence-corrected chi connectivity index (χ1v) is 2.73. The monoisotopic (exact) mass is 143 g/mol. The lowest BCUT2D eigenvalue weighted by molar-refractivity contribution is 0.761. The quantitative estimate of drug-likeness (QED) is 0.310. The molecule has 0 saturated heterocycles. The molecule has 50 valence electrons. The maximum Gasteiger partial charge on any atom is 0.0927 e. The fraction of sp³-hybridized carbons (Fsp3) is 0. The number of hydrogen-bond acceptors (Lipinski definition) is 3. The van der Waals surface area contributed by atoms with Gasteiger partial charge in [0.25, 0.3) is 0 Å². The van der Waals surface area contributed by atoms with Crippen molar-refractivity contribution in [2.75, 3.05) is 0 Å². The molecule has 0 aliphatic rings. The van der Waals surface area contributed by atoms with Gasteiger partial charge in [-0.1, -0.05) is 6.58 Å². The molecule has 0 saturated carbocycles. The van der Waals surface area contributed by atoms with E-state index in [-0.39, 0.29) is 0 Å². The van der Waals surface area contributed by atoms with Crippen molar-refractivity contribution < 1.29 is 0 Å². The number of nitrogens with zero attached hydrogens (tertiary/aromatic N) is 1. The highest BCUT2D eigenvalue weighted by molar-refractivity contribution is 7.84. The van der Waals surface area contributed by atoms with E-state index in [1.165, 1.54) is 17.3 Å². The standard InChI is InChI=1S/C5H9N3S/c1-2-8(4-7)5(9)3-6/h2-4,7,9H,1,6H2/b5-3+,7-4?. The van der Waals surface area contributed by atoms with Gasteiger partial charge in [0.1, 0.15) is 0 Å². The summed E-state index contributed by atoms with van der Waals surface area (Å²) in [6, 6.07) is 0. The molecule has 0 aliphatic heterocycles. The molecule has 3 N–H and O–H groups in total. The fourth-order valence-corrected chi connectivity index (χ4v) is 0.438. The van der Waals surface area contributed by atoms with E-state index < -0.39 is 0 Å². The molecular formula is C5H9N3S. The van der Waals surface area contributed by atoms with E-state index in [4.69, 9.17) is 11.1 Å². The molecule has 9 heavy (non-hydrogen) atoms. The van der Waals surface area contributed by atoms with Gasteiger partial charge in [-0.25, -0.2) is 0 Å². The van der Waals surface area contributed by atoms with Crippen LogP contribution in [0.25, 0.3) is 0 Å². The van der Waals surface area contributed by atoms with Crippen LogP contribution in [0.15, 0.2) is 24.0 Å². The molecule has 0 unspecified atom stereocenters. The molecule has 0 atom stereocenters. The van der Waals surface area contributed by atoms with Gasteiger partial charge in [-0.15, -0.1) is 12.6 Å². The number of hydrogen-bond donors (Lipinski definition) is 3. The molecule has 0 aromatic carbocycles. The summed E-state index contributed by atoms with van der Waals surface area (Å²) < 4.78 is 0. The Kier molecular flexibility index (Phi) is 3.62. The Labute approximate surface area is 59.8 Å². The molecule has 0 aromatic rings. The highest BCUT2D eigenvalue weighted by Crippen LogP contribution is 2.03. The van der Waals surface area contributed by atoms with E-state index >= 15 is 0 Å². The van der Waals surface area contributed by atoms with Crippen LogP contribution in [0.5, 0.6) is 0 Å². The third kappa shape index (κ3) is 2.23. The van der Waals surface area contributed by atoms with Crippen LogP contribution in [0.4, 0.5) is 0 Å². The Balaban J connectivity index is 4.11. The lowest BCUT2D eigenvalue weighted by Crippen LogP contribution is -2.10. The topological polar surface area (TPSA) is 53.1 Å². The van der Waals surface area contributed by atoms with Crippen molar-refractivity contribution in [1.82, 2.24) is 4.90 Å². The summed E-state index contributed by atoms with van der Waals surface area (Å²) in [4.78, 5) is 1.38. The largest absolute Gasteiger partial charge is 0.402 e. The molecule has 0 aromatic heterocycles. The first kappa shape index (κ1) is 8.10. The van der Waals surface area contributed by atoms with Gasteiger partial charge in [-0.2, -0.15) is 0 Å². The molecule has 4 heteroatoms. The van der Waals surface area contributed by atoms with Gasteiger partial charge in [-0.05, 0) is 0 Å². The summed E-state index contributed by atoms with van der Waals surface area (Å²) in [6.07, 6.45) is 3.80. The van der Waals surface area contributed by atoms with Crippen molar-refractivity contribution in [2.24, 2.45) is 5.73 Å². The summed E-state index contributed by atoms with van der Waals surface area (Å²) in [5.41, 5.74) is 5.09. The third-order valence-corrected chi connectivity index (χ3v) is 1.13. The first-order chi connectivity index (χ1) is 4.26. The number of nitrogens with two attached hydrogens (primary N) is 1. The van der Waals surface area contributed by atoms with Crippen LogP contribution in [-0.4, -0.2) is 11.2 Å². The van der Waals surface area contributed by atoms with Crippen LogP contribution in [0.2, 0.25) is 0 Å². The normalized spacial score (nSPS) is 10.6. The van der Waals surface area contributed by atoms with Crippen molar-refractivity contribution in [3.05, 3.63) is 24.0 Å². The van der Waals surface area contributed by atoms with Crippen LogP contribution < -0.4 is 5.73 Å². The van der Waals surface area contributed by atoms with Crippen LogP contribution in [0, 0.1) is 5.41 Å². The lowest BCUT2D eigenvalue weighted by Gasteiger charge is -2.10. The van der Waals surface area contributed by atoms with E-state index in [9.17, 15) is 0 Å². The van der Waals surface area contributed by atoms with Gasteiger partial charge in [-0.3, -0.25) is 5.41 Å². The van der Waals surface area contributed by atoms with Gasteiger partial charge < -0.3 is 10.6 Å². The Bertz CT molecular complexity index is 133. The SMILES string of the molecule is C=CN(C=N)/C(S)=C\N. The minimum absolute atomic E-state index is 0.486. The van der Waals surface area contributed by atoms with Crippen LogP contribution >= 0.6 is 12.6 Å². The van der Waals surface area contributed by atoms with Gasteiger partial charge >= 0.3 is 0 Å². The Morgan fingerprint density at radius 3 is 2.44 bits per heavy atom. The second-order valence-electron chi connectivity index (χ2n) is 1.24. The van der Waals surface area contributed by atoms with Crippen LogP contribution in [0.1, 0.15) is 0 Å². The van der Waals surface area contributed by atoms with Gasteiger partial charge in [0.05, 0.1) is 11.4 Å². The summed E-state index contributed by atoms with van der Waals surface area (Å²) in [5.74, 6) is 0. The van der Waals surface area contributed by atoms with Gasteiger partial charge in [0.2, 0.25) is 0 Å². The zero-order valence-corrected chi connectivity index (χ0v) is 5.81. The van der Waals surface area contributed by atoms with E-state index in [0.29, 0.717) is 5.03 Å². The molecule has 3 nitrogen and oxygen atoms in total. The Hall–Kier alpha value is -0.900. The maximum atomic E-state index is 6.78. The van der Waals surface area contributed by atoms with E-state index in [1.807, 2.05) is 0 Å². The number of thiol groups is 1. The van der Waals surface area contributed by atoms with Crippen LogP contribution in [0.3, 0.4) is 0 Å². The molecule has 0 aliphatic carbocycles. The highest BCUT2D eigenvalue weighted by atomic mass is 32.1. The predicted molar refractivity (Wildman–Crippen MR) is 42.1 cm³/mol. The maximum absolute atomic E-state index is 6.78. The second kappa shape index (κ2) is 4.03. The van der Waals surface area contributed by atoms with Crippen LogP contribution in [-0.2, 0) is 0 Å². The van der Waals surface area contributed by atoms with Gasteiger partial charge in [0, 0.05) is 12.4 Å². The summed E-state index contributed by atoms with van der Waals surface area (Å²) in [6.45, 7) is 3.43. The predicted octanol–water partition coefficient (Wildman–Crippen LogP) is 0.726. The zero-order valence-electron chi connectivity index (χ0n) is 4.91. The van der Waals surface area contributed by atoms with E-state index in [0.717, 1.165) is 6.34 Å². The van der Waals surface area contributed by atoms with Crippen molar-refractivity contribution in [2.45, 2.75) is 0 Å². The molecule has 0 heterocycles. The molecule has 0 amide bonds. The Morgan fingerprint density at radius 2 is 2.33 bits per heavy atom. The highest BCUT2D eigenvalue weighted by Gasteiger charge is 1.93. The average Bonchev–Trinajstić information content (AvgIpc) is 1.90.